The van der Waals surface area contributed by atoms with Crippen LogP contribution in [0.3, 0.4) is 0 Å². The Morgan fingerprint density at radius 3 is 2.37 bits per heavy atom. The second-order valence-electron chi connectivity index (χ2n) is 7.66. The van der Waals surface area contributed by atoms with Crippen LogP contribution in [0, 0.1) is 6.92 Å². The molecule has 2 aromatic rings. The molecule has 4 rings (SSSR count). The fraction of sp³-hybridized carbons (Fsp3) is 0.320. The van der Waals surface area contributed by atoms with Gasteiger partial charge in [-0.25, -0.2) is 0 Å². The molecule has 138 valence electrons. The summed E-state index contributed by atoms with van der Waals surface area (Å²) >= 11 is 0. The lowest BCUT2D eigenvalue weighted by Gasteiger charge is -2.25. The van der Waals surface area contributed by atoms with E-state index in [2.05, 4.69) is 29.2 Å². The summed E-state index contributed by atoms with van der Waals surface area (Å²) in [5.74, 6) is 0.0714. The minimum Gasteiger partial charge on any atom is -0.374 e. The van der Waals surface area contributed by atoms with Crippen molar-refractivity contribution in [1.29, 1.82) is 0 Å². The van der Waals surface area contributed by atoms with Crippen LogP contribution in [0.2, 0.25) is 0 Å². The SMILES string of the molecule is Cc1ccc(C(=O)/C=C/C2=C(N3CCCCCC3)Cc3ccccc32)cc1. The van der Waals surface area contributed by atoms with E-state index >= 15 is 0 Å². The molecule has 1 aliphatic carbocycles. The highest BCUT2D eigenvalue weighted by atomic mass is 16.1. The summed E-state index contributed by atoms with van der Waals surface area (Å²) in [7, 11) is 0. The summed E-state index contributed by atoms with van der Waals surface area (Å²) in [6, 6.07) is 16.4. The number of nitrogens with zero attached hydrogens (tertiary/aromatic N) is 1. The molecule has 1 aliphatic heterocycles. The lowest BCUT2D eigenvalue weighted by atomic mass is 10.0. The van der Waals surface area contributed by atoms with E-state index in [1.54, 1.807) is 6.08 Å². The van der Waals surface area contributed by atoms with Gasteiger partial charge < -0.3 is 4.90 Å². The molecule has 2 aliphatic rings. The molecule has 27 heavy (non-hydrogen) atoms. The van der Waals surface area contributed by atoms with Gasteiger partial charge >= 0.3 is 0 Å². The molecule has 2 nitrogen and oxygen atoms in total. The standard InChI is InChI=1S/C25H27NO/c1-19-10-12-20(13-11-19)25(27)15-14-23-22-9-5-4-8-21(22)18-24(23)26-16-6-2-3-7-17-26/h4-5,8-15H,2-3,6-7,16-18H2,1H3/b15-14+. The van der Waals surface area contributed by atoms with Crippen molar-refractivity contribution in [2.75, 3.05) is 13.1 Å². The van der Waals surface area contributed by atoms with Crippen molar-refractivity contribution in [2.24, 2.45) is 0 Å². The molecule has 0 unspecified atom stereocenters. The third-order valence-corrected chi connectivity index (χ3v) is 5.70. The number of aryl methyl sites for hydroxylation is 1. The highest BCUT2D eigenvalue weighted by Crippen LogP contribution is 2.36. The zero-order valence-electron chi connectivity index (χ0n) is 16.1. The maximum Gasteiger partial charge on any atom is 0.185 e. The van der Waals surface area contributed by atoms with Crippen LogP contribution in [0.5, 0.6) is 0 Å². The molecule has 2 aromatic carbocycles. The average Bonchev–Trinajstić information content (AvgIpc) is 2.86. The van der Waals surface area contributed by atoms with Gasteiger partial charge in [-0.3, -0.25) is 4.79 Å². The van der Waals surface area contributed by atoms with Gasteiger partial charge in [0.05, 0.1) is 0 Å². The predicted molar refractivity (Wildman–Crippen MR) is 112 cm³/mol. The zero-order chi connectivity index (χ0) is 18.6. The molecule has 1 heterocycles. The summed E-state index contributed by atoms with van der Waals surface area (Å²) in [6.07, 6.45) is 9.96. The number of carbonyl (C=O) groups excluding carboxylic acids is 1. The van der Waals surface area contributed by atoms with E-state index in [0.717, 1.165) is 25.1 Å². The van der Waals surface area contributed by atoms with Crippen molar-refractivity contribution in [3.63, 3.8) is 0 Å². The molecule has 1 saturated heterocycles. The molecule has 2 heteroatoms. The fourth-order valence-electron chi connectivity index (χ4n) is 4.15. The van der Waals surface area contributed by atoms with Gasteiger partial charge in [-0.1, -0.05) is 66.9 Å². The smallest absolute Gasteiger partial charge is 0.185 e. The molecule has 0 aromatic heterocycles. The quantitative estimate of drug-likeness (QED) is 0.526. The van der Waals surface area contributed by atoms with Crippen LogP contribution in [0.15, 0.2) is 66.4 Å². The molecule has 0 radical (unpaired) electrons. The van der Waals surface area contributed by atoms with Crippen molar-refractivity contribution in [1.82, 2.24) is 4.90 Å². The van der Waals surface area contributed by atoms with E-state index in [4.69, 9.17) is 0 Å². The number of allylic oxidation sites excluding steroid dienone is 4. The Bertz CT molecular complexity index is 881. The van der Waals surface area contributed by atoms with Crippen LogP contribution < -0.4 is 0 Å². The predicted octanol–water partition coefficient (Wildman–Crippen LogP) is 5.58. The van der Waals surface area contributed by atoms with Crippen molar-refractivity contribution in [3.8, 4) is 0 Å². The zero-order valence-corrected chi connectivity index (χ0v) is 16.1. The van der Waals surface area contributed by atoms with Crippen LogP contribution in [0.25, 0.3) is 5.57 Å². The Morgan fingerprint density at radius 1 is 0.926 bits per heavy atom. The molecule has 0 spiro atoms. The van der Waals surface area contributed by atoms with Gasteiger partial charge in [0.1, 0.15) is 0 Å². The Kier molecular flexibility index (Phi) is 5.24. The van der Waals surface area contributed by atoms with Gasteiger partial charge in [0.25, 0.3) is 0 Å². The molecule has 0 amide bonds. The molecular weight excluding hydrogens is 330 g/mol. The number of hydrogen-bond acceptors (Lipinski definition) is 2. The molecule has 0 bridgehead atoms. The first-order chi connectivity index (χ1) is 13.2. The molecule has 0 saturated carbocycles. The van der Waals surface area contributed by atoms with Crippen LogP contribution in [0.1, 0.15) is 52.7 Å². The largest absolute Gasteiger partial charge is 0.374 e. The number of benzene rings is 2. The van der Waals surface area contributed by atoms with Gasteiger partial charge in [0, 0.05) is 36.3 Å². The first-order valence-corrected chi connectivity index (χ1v) is 10.1. The lowest BCUT2D eigenvalue weighted by molar-refractivity contribution is 0.104. The minimum absolute atomic E-state index is 0.0714. The van der Waals surface area contributed by atoms with Crippen LogP contribution in [-0.2, 0) is 6.42 Å². The van der Waals surface area contributed by atoms with Gasteiger partial charge in [0.2, 0.25) is 0 Å². The second-order valence-corrected chi connectivity index (χ2v) is 7.66. The highest BCUT2D eigenvalue weighted by molar-refractivity contribution is 6.06. The van der Waals surface area contributed by atoms with Gasteiger partial charge in [-0.05, 0) is 43.0 Å². The Morgan fingerprint density at radius 2 is 1.63 bits per heavy atom. The van der Waals surface area contributed by atoms with Crippen molar-refractivity contribution >= 4 is 11.4 Å². The number of rotatable bonds is 4. The van der Waals surface area contributed by atoms with E-state index in [0.29, 0.717) is 0 Å². The number of hydrogen-bond donors (Lipinski definition) is 0. The van der Waals surface area contributed by atoms with Gasteiger partial charge in [-0.2, -0.15) is 0 Å². The van der Waals surface area contributed by atoms with E-state index in [-0.39, 0.29) is 5.78 Å². The first-order valence-electron chi connectivity index (χ1n) is 10.1. The number of likely N-dealkylation sites (tertiary alicyclic amines) is 1. The maximum absolute atomic E-state index is 12.6. The van der Waals surface area contributed by atoms with Crippen molar-refractivity contribution in [3.05, 3.63) is 88.6 Å². The van der Waals surface area contributed by atoms with Crippen molar-refractivity contribution < 1.29 is 4.79 Å². The molecular formula is C25H27NO. The Labute approximate surface area is 162 Å². The summed E-state index contributed by atoms with van der Waals surface area (Å²) < 4.78 is 0. The van der Waals surface area contributed by atoms with Gasteiger partial charge in [0.15, 0.2) is 5.78 Å². The van der Waals surface area contributed by atoms with E-state index < -0.39 is 0 Å². The van der Waals surface area contributed by atoms with E-state index in [1.807, 2.05) is 37.3 Å². The lowest BCUT2D eigenvalue weighted by Crippen LogP contribution is -2.24. The van der Waals surface area contributed by atoms with E-state index in [1.165, 1.54) is 53.6 Å². The first kappa shape index (κ1) is 17.8. The maximum atomic E-state index is 12.6. The third kappa shape index (κ3) is 3.90. The third-order valence-electron chi connectivity index (χ3n) is 5.70. The normalized spacial score (nSPS) is 17.3. The monoisotopic (exact) mass is 357 g/mol. The van der Waals surface area contributed by atoms with Crippen LogP contribution >= 0.6 is 0 Å². The molecule has 1 fully saturated rings. The molecule has 0 atom stereocenters. The van der Waals surface area contributed by atoms with E-state index in [9.17, 15) is 4.79 Å². The Hall–Kier alpha value is -2.61. The number of carbonyl (C=O) groups is 1. The van der Waals surface area contributed by atoms with Gasteiger partial charge in [-0.15, -0.1) is 0 Å². The number of fused-ring (bicyclic) bond motifs is 1. The average molecular weight is 357 g/mol. The number of ketones is 1. The fourth-order valence-corrected chi connectivity index (χ4v) is 4.15. The molecule has 0 N–H and O–H groups in total. The topological polar surface area (TPSA) is 20.3 Å². The summed E-state index contributed by atoms with van der Waals surface area (Å²) in [4.78, 5) is 15.2. The van der Waals surface area contributed by atoms with Crippen molar-refractivity contribution in [2.45, 2.75) is 39.0 Å². The van der Waals surface area contributed by atoms with Crippen LogP contribution in [0.4, 0.5) is 0 Å². The Balaban J connectivity index is 1.65. The summed E-state index contributed by atoms with van der Waals surface area (Å²) in [5, 5.41) is 0. The minimum atomic E-state index is 0.0714. The summed E-state index contributed by atoms with van der Waals surface area (Å²) in [6.45, 7) is 4.30. The second kappa shape index (κ2) is 7.96. The van der Waals surface area contributed by atoms with Crippen LogP contribution in [-0.4, -0.2) is 23.8 Å². The highest BCUT2D eigenvalue weighted by Gasteiger charge is 2.24. The summed E-state index contributed by atoms with van der Waals surface area (Å²) in [5.41, 5.74) is 7.20.